The first-order valence-electron chi connectivity index (χ1n) is 11.7. The summed E-state index contributed by atoms with van der Waals surface area (Å²) in [6, 6.07) is 25.3. The van der Waals surface area contributed by atoms with Crippen LogP contribution in [0.25, 0.3) is 0 Å². The van der Waals surface area contributed by atoms with E-state index >= 15 is 0 Å². The maximum Gasteiger partial charge on any atom is 0.259 e. The predicted molar refractivity (Wildman–Crippen MR) is 132 cm³/mol. The quantitative estimate of drug-likeness (QED) is 0.417. The second-order valence-corrected chi connectivity index (χ2v) is 9.03. The number of benzene rings is 3. The zero-order chi connectivity index (χ0) is 23.7. The highest BCUT2D eigenvalue weighted by atomic mass is 19.1. The molecule has 172 valence electrons. The van der Waals surface area contributed by atoms with E-state index in [9.17, 15) is 9.18 Å². The smallest absolute Gasteiger partial charge is 0.259 e. The molecule has 1 aliphatic heterocycles. The molecule has 0 aliphatic carbocycles. The minimum absolute atomic E-state index is 0.00000667. The Labute approximate surface area is 199 Å². The Morgan fingerprint density at radius 1 is 0.941 bits per heavy atom. The van der Waals surface area contributed by atoms with Gasteiger partial charge in [0.15, 0.2) is 0 Å². The molecule has 5 rings (SSSR count). The SMILES string of the molecule is Cc1ccc(CN2CCc3nc(C)n(C(c4ccccc4)c4ccccc4)c(=O)c3C2)cc1F. The Bertz CT molecular complexity index is 1330. The molecule has 4 aromatic rings. The second kappa shape index (κ2) is 9.35. The number of fused-ring (bicyclic) bond motifs is 1. The van der Waals surface area contributed by atoms with E-state index in [0.29, 0.717) is 25.1 Å². The fourth-order valence-electron chi connectivity index (χ4n) is 4.86. The lowest BCUT2D eigenvalue weighted by Gasteiger charge is -2.30. The molecule has 3 aromatic carbocycles. The van der Waals surface area contributed by atoms with Crippen molar-refractivity contribution in [1.82, 2.24) is 14.5 Å². The summed E-state index contributed by atoms with van der Waals surface area (Å²) in [6.07, 6.45) is 0.710. The molecule has 0 radical (unpaired) electrons. The van der Waals surface area contributed by atoms with Crippen LogP contribution in [0.5, 0.6) is 0 Å². The lowest BCUT2D eigenvalue weighted by Crippen LogP contribution is -2.40. The van der Waals surface area contributed by atoms with Gasteiger partial charge in [-0.2, -0.15) is 0 Å². The summed E-state index contributed by atoms with van der Waals surface area (Å²) >= 11 is 0. The summed E-state index contributed by atoms with van der Waals surface area (Å²) in [6.45, 7) is 5.59. The Kier molecular flexibility index (Phi) is 6.12. The van der Waals surface area contributed by atoms with Gasteiger partial charge in [0.05, 0.1) is 17.3 Å². The van der Waals surface area contributed by atoms with E-state index < -0.39 is 0 Å². The van der Waals surface area contributed by atoms with Gasteiger partial charge in [0.2, 0.25) is 0 Å². The van der Waals surface area contributed by atoms with E-state index in [2.05, 4.69) is 29.2 Å². The highest BCUT2D eigenvalue weighted by Crippen LogP contribution is 2.27. The van der Waals surface area contributed by atoms with Crippen molar-refractivity contribution in [2.45, 2.75) is 39.4 Å². The molecule has 4 nitrogen and oxygen atoms in total. The number of rotatable bonds is 5. The molecule has 5 heteroatoms. The summed E-state index contributed by atoms with van der Waals surface area (Å²) in [5, 5.41) is 0. The summed E-state index contributed by atoms with van der Waals surface area (Å²) in [7, 11) is 0. The first kappa shape index (κ1) is 22.2. The van der Waals surface area contributed by atoms with Gasteiger partial charge in [0.1, 0.15) is 11.6 Å². The van der Waals surface area contributed by atoms with Gasteiger partial charge < -0.3 is 0 Å². The van der Waals surface area contributed by atoms with Crippen LogP contribution in [0, 0.1) is 19.7 Å². The van der Waals surface area contributed by atoms with Crippen molar-refractivity contribution in [3.63, 3.8) is 0 Å². The van der Waals surface area contributed by atoms with Gasteiger partial charge in [0, 0.05) is 26.1 Å². The van der Waals surface area contributed by atoms with Gasteiger partial charge in [-0.05, 0) is 42.2 Å². The van der Waals surface area contributed by atoms with Crippen LogP contribution in [-0.4, -0.2) is 21.0 Å². The maximum absolute atomic E-state index is 14.1. The number of aromatic nitrogens is 2. The van der Waals surface area contributed by atoms with E-state index in [4.69, 9.17) is 4.98 Å². The summed E-state index contributed by atoms with van der Waals surface area (Å²) in [5.41, 5.74) is 5.26. The molecule has 0 amide bonds. The average Bonchev–Trinajstić information content (AvgIpc) is 2.85. The molecule has 0 unspecified atom stereocenters. The van der Waals surface area contributed by atoms with Crippen LogP contribution in [0.15, 0.2) is 83.7 Å². The summed E-state index contributed by atoms with van der Waals surface area (Å²) < 4.78 is 15.9. The molecule has 0 spiro atoms. The lowest BCUT2D eigenvalue weighted by molar-refractivity contribution is 0.240. The molecule has 0 saturated heterocycles. The zero-order valence-electron chi connectivity index (χ0n) is 19.5. The van der Waals surface area contributed by atoms with E-state index in [0.717, 1.165) is 40.3 Å². The summed E-state index contributed by atoms with van der Waals surface area (Å²) in [4.78, 5) is 21.0. The lowest BCUT2D eigenvalue weighted by atomic mass is 9.97. The largest absolute Gasteiger partial charge is 0.294 e. The number of hydrogen-bond donors (Lipinski definition) is 0. The average molecular weight is 454 g/mol. The van der Waals surface area contributed by atoms with Crippen molar-refractivity contribution in [1.29, 1.82) is 0 Å². The van der Waals surface area contributed by atoms with Gasteiger partial charge in [-0.1, -0.05) is 72.8 Å². The van der Waals surface area contributed by atoms with Crippen molar-refractivity contribution in [3.8, 4) is 0 Å². The monoisotopic (exact) mass is 453 g/mol. The number of hydrogen-bond acceptors (Lipinski definition) is 3. The molecule has 2 heterocycles. The minimum atomic E-state index is -0.255. The van der Waals surface area contributed by atoms with Crippen molar-refractivity contribution in [2.24, 2.45) is 0 Å². The number of aryl methyl sites for hydroxylation is 2. The van der Waals surface area contributed by atoms with Crippen molar-refractivity contribution in [2.75, 3.05) is 6.54 Å². The molecule has 0 bridgehead atoms. The van der Waals surface area contributed by atoms with Crippen LogP contribution in [0.2, 0.25) is 0 Å². The Morgan fingerprint density at radius 2 is 1.59 bits per heavy atom. The third-order valence-electron chi connectivity index (χ3n) is 6.65. The van der Waals surface area contributed by atoms with Gasteiger partial charge in [-0.15, -0.1) is 0 Å². The molecule has 1 aliphatic rings. The van der Waals surface area contributed by atoms with Crippen molar-refractivity contribution >= 4 is 0 Å². The Hall–Kier alpha value is -3.57. The van der Waals surface area contributed by atoms with E-state index in [-0.39, 0.29) is 17.4 Å². The maximum atomic E-state index is 14.1. The van der Waals surface area contributed by atoms with Crippen LogP contribution in [0.4, 0.5) is 4.39 Å². The first-order valence-corrected chi connectivity index (χ1v) is 11.7. The molecular weight excluding hydrogens is 425 g/mol. The molecule has 1 aromatic heterocycles. The molecule has 0 saturated carbocycles. The minimum Gasteiger partial charge on any atom is -0.294 e. The van der Waals surface area contributed by atoms with Crippen LogP contribution < -0.4 is 5.56 Å². The van der Waals surface area contributed by atoms with E-state index in [1.807, 2.05) is 60.0 Å². The molecule has 0 N–H and O–H groups in total. The van der Waals surface area contributed by atoms with Crippen LogP contribution in [0.1, 0.15) is 45.4 Å². The number of nitrogens with zero attached hydrogens (tertiary/aromatic N) is 3. The fourth-order valence-corrected chi connectivity index (χ4v) is 4.86. The van der Waals surface area contributed by atoms with Crippen LogP contribution in [0.3, 0.4) is 0 Å². The highest BCUT2D eigenvalue weighted by Gasteiger charge is 2.27. The summed E-state index contributed by atoms with van der Waals surface area (Å²) in [5.74, 6) is 0.527. The van der Waals surface area contributed by atoms with E-state index in [1.165, 1.54) is 0 Å². The normalized spacial score (nSPS) is 13.8. The second-order valence-electron chi connectivity index (χ2n) is 9.03. The Balaban J connectivity index is 1.54. The first-order chi connectivity index (χ1) is 16.5. The highest BCUT2D eigenvalue weighted by molar-refractivity contribution is 5.35. The third-order valence-corrected chi connectivity index (χ3v) is 6.65. The van der Waals surface area contributed by atoms with Crippen molar-refractivity contribution in [3.05, 3.63) is 134 Å². The Morgan fingerprint density at radius 3 is 2.21 bits per heavy atom. The van der Waals surface area contributed by atoms with Crippen LogP contribution >= 0.6 is 0 Å². The topological polar surface area (TPSA) is 38.1 Å². The fraction of sp³-hybridized carbons (Fsp3) is 0.241. The van der Waals surface area contributed by atoms with Gasteiger partial charge in [0.25, 0.3) is 5.56 Å². The molecule has 0 fully saturated rings. The van der Waals surface area contributed by atoms with E-state index in [1.54, 1.807) is 13.0 Å². The molecule has 0 atom stereocenters. The standard InChI is InChI=1S/C29H28FN3O/c1-20-13-14-22(17-26(20)30)18-32-16-15-27-25(19-32)29(34)33(21(2)31-27)28(23-9-5-3-6-10-23)24-11-7-4-8-12-24/h3-14,17,28H,15-16,18-19H2,1-2H3. The number of halogens is 1. The van der Waals surface area contributed by atoms with Gasteiger partial charge in [-0.25, -0.2) is 9.37 Å². The molecular formula is C29H28FN3O. The predicted octanol–water partition coefficient (Wildman–Crippen LogP) is 5.20. The van der Waals surface area contributed by atoms with Crippen molar-refractivity contribution < 1.29 is 4.39 Å². The van der Waals surface area contributed by atoms with Gasteiger partial charge in [-0.3, -0.25) is 14.3 Å². The van der Waals surface area contributed by atoms with Gasteiger partial charge >= 0.3 is 0 Å². The third kappa shape index (κ3) is 4.31. The zero-order valence-corrected chi connectivity index (χ0v) is 19.5. The molecule has 34 heavy (non-hydrogen) atoms. The van der Waals surface area contributed by atoms with Crippen LogP contribution in [-0.2, 0) is 19.5 Å².